The number of aryl methyl sites for hydroxylation is 2. The van der Waals surface area contributed by atoms with E-state index in [9.17, 15) is 8.42 Å². The van der Waals surface area contributed by atoms with Crippen LogP contribution in [0.25, 0.3) is 33.1 Å². The Morgan fingerprint density at radius 3 is 2.83 bits per heavy atom. The molecule has 1 fully saturated rings. The van der Waals surface area contributed by atoms with E-state index in [4.69, 9.17) is 4.99 Å². The number of pyridine rings is 1. The lowest BCUT2D eigenvalue weighted by molar-refractivity contribution is 0.333. The highest BCUT2D eigenvalue weighted by Gasteiger charge is 2.19. The van der Waals surface area contributed by atoms with Crippen LogP contribution >= 0.6 is 0 Å². The fourth-order valence-electron chi connectivity index (χ4n) is 5.21. The molecule has 6 nitrogen and oxygen atoms in total. The zero-order valence-corrected chi connectivity index (χ0v) is 22.3. The number of hydrogen-bond donors (Lipinski definition) is 1. The number of rotatable bonds is 5. The Labute approximate surface area is 213 Å². The highest BCUT2D eigenvalue weighted by Crippen LogP contribution is 2.38. The van der Waals surface area contributed by atoms with Crippen LogP contribution in [-0.2, 0) is 9.84 Å². The van der Waals surface area contributed by atoms with Crippen LogP contribution in [0.3, 0.4) is 0 Å². The van der Waals surface area contributed by atoms with Gasteiger partial charge in [-0.2, -0.15) is 0 Å². The third kappa shape index (κ3) is 4.70. The first-order chi connectivity index (χ1) is 17.3. The highest BCUT2D eigenvalue weighted by molar-refractivity contribution is 7.91. The van der Waals surface area contributed by atoms with E-state index in [2.05, 4.69) is 41.0 Å². The van der Waals surface area contributed by atoms with Gasteiger partial charge in [0.15, 0.2) is 9.84 Å². The van der Waals surface area contributed by atoms with Gasteiger partial charge in [-0.3, -0.25) is 4.99 Å². The molecule has 7 heteroatoms. The predicted molar refractivity (Wildman–Crippen MR) is 149 cm³/mol. The Bertz CT molecular complexity index is 1570. The van der Waals surface area contributed by atoms with Crippen LogP contribution in [0, 0.1) is 13.8 Å². The highest BCUT2D eigenvalue weighted by atomic mass is 32.2. The molecule has 0 bridgehead atoms. The van der Waals surface area contributed by atoms with Gasteiger partial charge in [0.05, 0.1) is 22.2 Å². The summed E-state index contributed by atoms with van der Waals surface area (Å²) in [7, 11) is -1.15. The van der Waals surface area contributed by atoms with E-state index in [1.165, 1.54) is 12.8 Å². The molecule has 1 aliphatic rings. The standard InChI is InChI=1S/C29H34N4O2S/c1-5-36(34,35)24-11-8-9-21(14-24)25-15-22(17-30-23-10-6-7-12-33(4)18-23)20(3)28-27(25)26-13-19(2)16-31-29(26)32-28/h8-9,11,13-17,23H,5-7,10,12,18H2,1-4H3,(H,31,32)/t23-/m0/s1. The number of H-pyrrole nitrogens is 1. The Balaban J connectivity index is 1.72. The largest absolute Gasteiger partial charge is 0.339 e. The van der Waals surface area contributed by atoms with Crippen molar-refractivity contribution in [2.24, 2.45) is 4.99 Å². The maximum Gasteiger partial charge on any atom is 0.178 e. The molecule has 1 atom stereocenters. The summed E-state index contributed by atoms with van der Waals surface area (Å²) in [4.78, 5) is 15.9. The van der Waals surface area contributed by atoms with Crippen LogP contribution in [0.4, 0.5) is 0 Å². The first-order valence-corrected chi connectivity index (χ1v) is 14.4. The topological polar surface area (TPSA) is 78.4 Å². The van der Waals surface area contributed by atoms with E-state index >= 15 is 0 Å². The number of likely N-dealkylation sites (tertiary alicyclic amines) is 1. The number of aromatic nitrogens is 2. The molecule has 1 saturated heterocycles. The quantitative estimate of drug-likeness (QED) is 0.355. The summed E-state index contributed by atoms with van der Waals surface area (Å²) >= 11 is 0. The molecular weight excluding hydrogens is 468 g/mol. The normalized spacial score (nSPS) is 17.8. The third-order valence-electron chi connectivity index (χ3n) is 7.32. The maximum absolute atomic E-state index is 12.7. The predicted octanol–water partition coefficient (Wildman–Crippen LogP) is 5.70. The molecule has 1 aliphatic heterocycles. The second kappa shape index (κ2) is 9.79. The van der Waals surface area contributed by atoms with Gasteiger partial charge in [-0.15, -0.1) is 0 Å². The van der Waals surface area contributed by atoms with Gasteiger partial charge in [-0.1, -0.05) is 25.5 Å². The molecule has 0 unspecified atom stereocenters. The van der Waals surface area contributed by atoms with Gasteiger partial charge in [0.25, 0.3) is 0 Å². The molecule has 2 aromatic carbocycles. The molecule has 0 saturated carbocycles. The number of hydrogen-bond acceptors (Lipinski definition) is 5. The van der Waals surface area contributed by atoms with E-state index < -0.39 is 9.84 Å². The molecule has 0 aliphatic carbocycles. The molecule has 2 aromatic heterocycles. The van der Waals surface area contributed by atoms with Crippen molar-refractivity contribution in [3.63, 3.8) is 0 Å². The van der Waals surface area contributed by atoms with Crippen LogP contribution in [0.5, 0.6) is 0 Å². The van der Waals surface area contributed by atoms with Crippen LogP contribution in [-0.4, -0.2) is 61.4 Å². The zero-order valence-electron chi connectivity index (χ0n) is 21.5. The van der Waals surface area contributed by atoms with Crippen molar-refractivity contribution >= 4 is 38.0 Å². The lowest BCUT2D eigenvalue weighted by Crippen LogP contribution is -2.26. The van der Waals surface area contributed by atoms with Crippen molar-refractivity contribution in [3.05, 3.63) is 59.3 Å². The second-order valence-corrected chi connectivity index (χ2v) is 12.3. The number of aliphatic imine (C=N–C) groups is 1. The Morgan fingerprint density at radius 2 is 2.03 bits per heavy atom. The minimum absolute atomic E-state index is 0.0731. The van der Waals surface area contributed by atoms with Gasteiger partial charge in [0.2, 0.25) is 0 Å². The number of sulfone groups is 1. The average molecular weight is 503 g/mol. The summed E-state index contributed by atoms with van der Waals surface area (Å²) in [6.45, 7) is 7.93. The van der Waals surface area contributed by atoms with Gasteiger partial charge in [-0.25, -0.2) is 13.4 Å². The van der Waals surface area contributed by atoms with E-state index in [1.54, 1.807) is 19.1 Å². The average Bonchev–Trinajstić information content (AvgIpc) is 3.11. The molecule has 0 amide bonds. The summed E-state index contributed by atoms with van der Waals surface area (Å²) < 4.78 is 25.3. The first kappa shape index (κ1) is 24.7. The molecule has 5 rings (SSSR count). The van der Waals surface area contributed by atoms with Crippen molar-refractivity contribution in [2.75, 3.05) is 25.9 Å². The summed E-state index contributed by atoms with van der Waals surface area (Å²) in [5.41, 5.74) is 6.95. The molecule has 188 valence electrons. The van der Waals surface area contributed by atoms with Crippen LogP contribution in [0.15, 0.2) is 52.5 Å². The number of fused-ring (bicyclic) bond motifs is 3. The summed E-state index contributed by atoms with van der Waals surface area (Å²) in [6, 6.07) is 11.9. The lowest BCUT2D eigenvalue weighted by atomic mass is 9.94. The fourth-order valence-corrected chi connectivity index (χ4v) is 6.14. The maximum atomic E-state index is 12.7. The molecule has 0 spiro atoms. The molecule has 3 heterocycles. The smallest absolute Gasteiger partial charge is 0.178 e. The lowest BCUT2D eigenvalue weighted by Gasteiger charge is -2.17. The van der Waals surface area contributed by atoms with Crippen LogP contribution in [0.2, 0.25) is 0 Å². The minimum atomic E-state index is -3.32. The van der Waals surface area contributed by atoms with Crippen molar-refractivity contribution in [3.8, 4) is 11.1 Å². The second-order valence-electron chi connectivity index (χ2n) is 10.0. The van der Waals surface area contributed by atoms with E-state index in [-0.39, 0.29) is 11.8 Å². The minimum Gasteiger partial charge on any atom is -0.339 e. The van der Waals surface area contributed by atoms with E-state index in [0.29, 0.717) is 4.90 Å². The monoisotopic (exact) mass is 502 g/mol. The summed E-state index contributed by atoms with van der Waals surface area (Å²) in [5.74, 6) is 0.0731. The van der Waals surface area contributed by atoms with E-state index in [1.807, 2.05) is 31.5 Å². The molecule has 36 heavy (non-hydrogen) atoms. The molecule has 4 aromatic rings. The van der Waals surface area contributed by atoms with Gasteiger partial charge in [0, 0.05) is 29.7 Å². The number of aromatic amines is 1. The fraction of sp³-hybridized carbons (Fsp3) is 0.379. The van der Waals surface area contributed by atoms with Crippen molar-refractivity contribution in [1.29, 1.82) is 0 Å². The van der Waals surface area contributed by atoms with Crippen LogP contribution in [0.1, 0.15) is 42.9 Å². The molecule has 0 radical (unpaired) electrons. The Kier molecular flexibility index (Phi) is 6.70. The SMILES string of the molecule is CCS(=O)(=O)c1cccc(-c2cc(C=N[C@H]3CCCCN(C)C3)c(C)c3[nH]c4ncc(C)cc4c23)c1. The van der Waals surface area contributed by atoms with E-state index in [0.717, 1.165) is 69.3 Å². The Morgan fingerprint density at radius 1 is 1.19 bits per heavy atom. The van der Waals surface area contributed by atoms with Gasteiger partial charge < -0.3 is 9.88 Å². The molecule has 1 N–H and O–H groups in total. The third-order valence-corrected chi connectivity index (χ3v) is 9.05. The number of nitrogens with zero attached hydrogens (tertiary/aromatic N) is 3. The number of benzene rings is 2. The number of likely N-dealkylation sites (N-methyl/N-ethyl adjacent to an activating group) is 1. The summed E-state index contributed by atoms with van der Waals surface area (Å²) in [6.07, 6.45) is 7.39. The number of nitrogens with one attached hydrogen (secondary N) is 1. The van der Waals surface area contributed by atoms with Crippen molar-refractivity contribution in [2.45, 2.75) is 51.0 Å². The van der Waals surface area contributed by atoms with Gasteiger partial charge in [-0.05, 0) is 92.4 Å². The zero-order chi connectivity index (χ0) is 25.4. The Hall–Kier alpha value is -3.03. The van der Waals surface area contributed by atoms with Crippen molar-refractivity contribution < 1.29 is 8.42 Å². The van der Waals surface area contributed by atoms with Gasteiger partial charge >= 0.3 is 0 Å². The van der Waals surface area contributed by atoms with Crippen LogP contribution < -0.4 is 0 Å². The molecular formula is C29H34N4O2S. The summed E-state index contributed by atoms with van der Waals surface area (Å²) in [5, 5.41) is 2.11. The van der Waals surface area contributed by atoms with Crippen molar-refractivity contribution in [1.82, 2.24) is 14.9 Å². The first-order valence-electron chi connectivity index (χ1n) is 12.7. The van der Waals surface area contributed by atoms with Gasteiger partial charge in [0.1, 0.15) is 5.65 Å².